The quantitative estimate of drug-likeness (QED) is 0.694. The van der Waals surface area contributed by atoms with Crippen molar-refractivity contribution < 1.29 is 0 Å². The van der Waals surface area contributed by atoms with Gasteiger partial charge in [0.05, 0.1) is 6.07 Å². The molecule has 1 N–H and O–H groups in total. The van der Waals surface area contributed by atoms with Gasteiger partial charge in [0.2, 0.25) is 0 Å². The lowest BCUT2D eigenvalue weighted by molar-refractivity contribution is 0.428. The van der Waals surface area contributed by atoms with Crippen LogP contribution < -0.4 is 5.32 Å². The predicted molar refractivity (Wildman–Crippen MR) is 84.3 cm³/mol. The van der Waals surface area contributed by atoms with Crippen LogP contribution in [0.3, 0.4) is 0 Å². The second-order valence-electron chi connectivity index (χ2n) is 4.63. The maximum atomic E-state index is 9.64. The van der Waals surface area contributed by atoms with E-state index in [9.17, 15) is 5.26 Å². The van der Waals surface area contributed by atoms with Crippen LogP contribution in [0, 0.1) is 11.3 Å². The van der Waals surface area contributed by atoms with E-state index < -0.39 is 5.54 Å². The molecule has 0 amide bonds. The van der Waals surface area contributed by atoms with Gasteiger partial charge < -0.3 is 0 Å². The van der Waals surface area contributed by atoms with E-state index in [0.29, 0.717) is 0 Å². The Bertz CT molecular complexity index is 385. The second-order valence-corrected chi connectivity index (χ2v) is 5.85. The lowest BCUT2D eigenvalue weighted by Gasteiger charge is -2.28. The van der Waals surface area contributed by atoms with Gasteiger partial charge in [0.25, 0.3) is 0 Å². The first-order valence-corrected chi connectivity index (χ1v) is 8.24. The van der Waals surface area contributed by atoms with Crippen LogP contribution in [0.25, 0.3) is 0 Å². The maximum absolute atomic E-state index is 9.64. The smallest absolute Gasteiger partial charge is 0.133 e. The molecule has 0 spiro atoms. The third-order valence-corrected chi connectivity index (χ3v) is 4.27. The standard InChI is InChI=1S/C16H24N2S/c1-3-5-12-19-13-11-16(14-17,18-4-2)15-9-7-6-8-10-15/h6-10,18H,3-5,11-13H2,1-2H3. The van der Waals surface area contributed by atoms with E-state index in [4.69, 9.17) is 0 Å². The summed E-state index contributed by atoms with van der Waals surface area (Å²) in [4.78, 5) is 0. The van der Waals surface area contributed by atoms with E-state index in [1.807, 2.05) is 42.1 Å². The van der Waals surface area contributed by atoms with E-state index in [0.717, 1.165) is 24.3 Å². The van der Waals surface area contributed by atoms with Crippen LogP contribution in [0.4, 0.5) is 0 Å². The molecule has 1 aromatic rings. The largest absolute Gasteiger partial charge is 0.296 e. The van der Waals surface area contributed by atoms with Crippen LogP contribution in [0.2, 0.25) is 0 Å². The summed E-state index contributed by atoms with van der Waals surface area (Å²) in [6.45, 7) is 5.07. The molecule has 0 bridgehead atoms. The van der Waals surface area contributed by atoms with Crippen molar-refractivity contribution in [3.63, 3.8) is 0 Å². The molecule has 0 fully saturated rings. The molecule has 0 radical (unpaired) electrons. The van der Waals surface area contributed by atoms with Gasteiger partial charge in [0.15, 0.2) is 0 Å². The number of nitrogens with zero attached hydrogens (tertiary/aromatic N) is 1. The summed E-state index contributed by atoms with van der Waals surface area (Å²) in [5, 5.41) is 13.0. The van der Waals surface area contributed by atoms with Gasteiger partial charge >= 0.3 is 0 Å². The number of benzene rings is 1. The van der Waals surface area contributed by atoms with Gasteiger partial charge in [-0.1, -0.05) is 50.6 Å². The highest BCUT2D eigenvalue weighted by atomic mass is 32.2. The number of thioether (sulfide) groups is 1. The molecule has 0 aliphatic rings. The second kappa shape index (κ2) is 9.01. The highest BCUT2D eigenvalue weighted by molar-refractivity contribution is 7.99. The summed E-state index contributed by atoms with van der Waals surface area (Å²) in [5.41, 5.74) is 0.547. The van der Waals surface area contributed by atoms with Crippen LogP contribution in [-0.4, -0.2) is 18.1 Å². The van der Waals surface area contributed by atoms with Gasteiger partial charge in [-0.2, -0.15) is 17.0 Å². The zero-order valence-electron chi connectivity index (χ0n) is 12.0. The number of hydrogen-bond acceptors (Lipinski definition) is 3. The molecular formula is C16H24N2S. The molecule has 1 unspecified atom stereocenters. The number of hydrogen-bond donors (Lipinski definition) is 1. The third-order valence-electron chi connectivity index (χ3n) is 3.20. The summed E-state index contributed by atoms with van der Waals surface area (Å²) < 4.78 is 0. The Morgan fingerprint density at radius 2 is 1.95 bits per heavy atom. The third kappa shape index (κ3) is 4.89. The van der Waals surface area contributed by atoms with Crippen molar-refractivity contribution >= 4 is 11.8 Å². The minimum atomic E-state index is -0.533. The molecule has 104 valence electrons. The first kappa shape index (κ1) is 16.1. The normalized spacial score (nSPS) is 13.7. The van der Waals surface area contributed by atoms with Crippen molar-refractivity contribution in [2.24, 2.45) is 0 Å². The summed E-state index contributed by atoms with van der Waals surface area (Å²) in [6, 6.07) is 12.6. The fourth-order valence-electron chi connectivity index (χ4n) is 2.09. The van der Waals surface area contributed by atoms with Crippen LogP contribution in [-0.2, 0) is 5.54 Å². The van der Waals surface area contributed by atoms with E-state index in [-0.39, 0.29) is 0 Å². The van der Waals surface area contributed by atoms with Crippen molar-refractivity contribution in [3.05, 3.63) is 35.9 Å². The van der Waals surface area contributed by atoms with Gasteiger partial charge in [-0.25, -0.2) is 0 Å². The molecule has 1 rings (SSSR count). The SMILES string of the molecule is CCCCSCCC(C#N)(NCC)c1ccccc1. The zero-order valence-corrected chi connectivity index (χ0v) is 12.8. The zero-order chi connectivity index (χ0) is 14.0. The summed E-state index contributed by atoms with van der Waals surface area (Å²) >= 11 is 1.95. The van der Waals surface area contributed by atoms with Crippen LogP contribution in [0.15, 0.2) is 30.3 Å². The molecule has 0 aliphatic carbocycles. The summed E-state index contributed by atoms with van der Waals surface area (Å²) in [5.74, 6) is 2.22. The molecule has 0 aliphatic heterocycles. The molecule has 2 nitrogen and oxygen atoms in total. The predicted octanol–water partition coefficient (Wildman–Crippen LogP) is 3.94. The highest BCUT2D eigenvalue weighted by Crippen LogP contribution is 2.26. The lowest BCUT2D eigenvalue weighted by atomic mass is 9.88. The van der Waals surface area contributed by atoms with Gasteiger partial charge in [-0.15, -0.1) is 0 Å². The van der Waals surface area contributed by atoms with E-state index in [1.165, 1.54) is 18.6 Å². The average molecular weight is 276 g/mol. The Hall–Kier alpha value is -0.980. The molecule has 19 heavy (non-hydrogen) atoms. The molecule has 0 heterocycles. The monoisotopic (exact) mass is 276 g/mol. The van der Waals surface area contributed by atoms with Crippen LogP contribution in [0.1, 0.15) is 38.7 Å². The molecule has 0 aromatic heterocycles. The molecule has 1 aromatic carbocycles. The lowest BCUT2D eigenvalue weighted by Crippen LogP contribution is -2.41. The Labute approximate surface area is 121 Å². The van der Waals surface area contributed by atoms with Crippen molar-refractivity contribution in [1.29, 1.82) is 5.26 Å². The van der Waals surface area contributed by atoms with Gasteiger partial charge in [0, 0.05) is 0 Å². The number of nitrogens with one attached hydrogen (secondary N) is 1. The Balaban J connectivity index is 2.68. The Kier molecular flexibility index (Phi) is 7.62. The molecule has 0 saturated carbocycles. The van der Waals surface area contributed by atoms with E-state index >= 15 is 0 Å². The number of nitriles is 1. The fourth-order valence-corrected chi connectivity index (χ4v) is 3.24. The molecule has 3 heteroatoms. The first-order chi connectivity index (χ1) is 9.29. The minimum Gasteiger partial charge on any atom is -0.296 e. The van der Waals surface area contributed by atoms with Gasteiger partial charge in [0.1, 0.15) is 5.54 Å². The van der Waals surface area contributed by atoms with Gasteiger partial charge in [-0.05, 0) is 36.5 Å². The maximum Gasteiger partial charge on any atom is 0.133 e. The average Bonchev–Trinajstić information content (AvgIpc) is 2.47. The van der Waals surface area contributed by atoms with Crippen LogP contribution in [0.5, 0.6) is 0 Å². The van der Waals surface area contributed by atoms with Crippen molar-refractivity contribution in [1.82, 2.24) is 5.32 Å². The van der Waals surface area contributed by atoms with Gasteiger partial charge in [-0.3, -0.25) is 5.32 Å². The Morgan fingerprint density at radius 3 is 2.53 bits per heavy atom. The van der Waals surface area contributed by atoms with Crippen LogP contribution >= 0.6 is 11.8 Å². The number of unbranched alkanes of at least 4 members (excludes halogenated alkanes) is 1. The fraction of sp³-hybridized carbons (Fsp3) is 0.562. The molecular weight excluding hydrogens is 252 g/mol. The van der Waals surface area contributed by atoms with E-state index in [2.05, 4.69) is 25.2 Å². The Morgan fingerprint density at radius 1 is 1.21 bits per heavy atom. The molecule has 0 saturated heterocycles. The number of rotatable bonds is 9. The van der Waals surface area contributed by atoms with E-state index in [1.54, 1.807) is 0 Å². The van der Waals surface area contributed by atoms with Crippen molar-refractivity contribution in [3.8, 4) is 6.07 Å². The summed E-state index contributed by atoms with van der Waals surface area (Å²) in [7, 11) is 0. The first-order valence-electron chi connectivity index (χ1n) is 7.08. The summed E-state index contributed by atoms with van der Waals surface area (Å²) in [6.07, 6.45) is 3.36. The minimum absolute atomic E-state index is 0.533. The van der Waals surface area contributed by atoms with Crippen molar-refractivity contribution in [2.75, 3.05) is 18.1 Å². The van der Waals surface area contributed by atoms with Crippen molar-refractivity contribution in [2.45, 2.75) is 38.6 Å². The highest BCUT2D eigenvalue weighted by Gasteiger charge is 2.30. The topological polar surface area (TPSA) is 35.8 Å². The molecule has 1 atom stereocenters.